The Hall–Kier alpha value is -6.71. The van der Waals surface area contributed by atoms with Crippen molar-refractivity contribution < 1.29 is 0 Å². The van der Waals surface area contributed by atoms with Crippen LogP contribution in [-0.4, -0.2) is 15.0 Å². The van der Waals surface area contributed by atoms with Crippen LogP contribution >= 0.6 is 0 Å². The van der Waals surface area contributed by atoms with Crippen LogP contribution in [0, 0.1) is 0 Å². The fourth-order valence-electron chi connectivity index (χ4n) is 6.67. The van der Waals surface area contributed by atoms with Crippen molar-refractivity contribution >= 4 is 21.5 Å². The van der Waals surface area contributed by atoms with E-state index in [1.54, 1.807) is 0 Å². The quantitative estimate of drug-likeness (QED) is 0.182. The number of hydrogen-bond acceptors (Lipinski definition) is 3. The van der Waals surface area contributed by atoms with Gasteiger partial charge in [0.15, 0.2) is 17.5 Å². The minimum absolute atomic E-state index is 0.638. The number of rotatable bonds is 6. The number of fused-ring (bicyclic) bond motifs is 2. The zero-order valence-corrected chi connectivity index (χ0v) is 27.2. The molecule has 0 bridgehead atoms. The molecule has 0 atom stereocenters. The van der Waals surface area contributed by atoms with Gasteiger partial charge in [-0.05, 0) is 67.1 Å². The Kier molecular flexibility index (Phi) is 7.49. The van der Waals surface area contributed by atoms with Crippen molar-refractivity contribution in [2.45, 2.75) is 0 Å². The highest BCUT2D eigenvalue weighted by atomic mass is 15.0. The Morgan fingerprint density at radius 1 is 0.240 bits per heavy atom. The Morgan fingerprint density at radius 2 is 0.660 bits per heavy atom. The lowest BCUT2D eigenvalue weighted by molar-refractivity contribution is 1.07. The van der Waals surface area contributed by atoms with Gasteiger partial charge < -0.3 is 0 Å². The van der Waals surface area contributed by atoms with Crippen molar-refractivity contribution in [3.05, 3.63) is 188 Å². The van der Waals surface area contributed by atoms with E-state index >= 15 is 0 Å². The first kappa shape index (κ1) is 29.4. The van der Waals surface area contributed by atoms with E-state index in [2.05, 4.69) is 176 Å². The van der Waals surface area contributed by atoms with Gasteiger partial charge >= 0.3 is 0 Å². The molecule has 50 heavy (non-hydrogen) atoms. The summed E-state index contributed by atoms with van der Waals surface area (Å²) in [5.74, 6) is 1.92. The van der Waals surface area contributed by atoms with Crippen LogP contribution in [0.4, 0.5) is 0 Å². The van der Waals surface area contributed by atoms with Crippen LogP contribution in [-0.2, 0) is 0 Å². The lowest BCUT2D eigenvalue weighted by Crippen LogP contribution is -2.00. The zero-order chi connectivity index (χ0) is 33.3. The molecule has 0 aliphatic heterocycles. The monoisotopic (exact) mass is 637 g/mol. The predicted octanol–water partition coefficient (Wildman–Crippen LogP) is 12.2. The summed E-state index contributed by atoms with van der Waals surface area (Å²) in [6.45, 7) is 0. The van der Waals surface area contributed by atoms with Crippen LogP contribution in [0.5, 0.6) is 0 Å². The van der Waals surface area contributed by atoms with Gasteiger partial charge in [-0.3, -0.25) is 0 Å². The van der Waals surface area contributed by atoms with Crippen molar-refractivity contribution in [2.24, 2.45) is 0 Å². The summed E-state index contributed by atoms with van der Waals surface area (Å²) in [5, 5.41) is 4.78. The molecule has 0 aliphatic carbocycles. The van der Waals surface area contributed by atoms with E-state index in [0.29, 0.717) is 17.5 Å². The summed E-state index contributed by atoms with van der Waals surface area (Å²) in [7, 11) is 0. The van der Waals surface area contributed by atoms with Crippen molar-refractivity contribution in [3.63, 3.8) is 0 Å². The van der Waals surface area contributed by atoms with Gasteiger partial charge in [0.05, 0.1) is 0 Å². The van der Waals surface area contributed by atoms with E-state index in [0.717, 1.165) is 33.2 Å². The normalized spacial score (nSPS) is 11.2. The number of aromatic nitrogens is 3. The van der Waals surface area contributed by atoms with Crippen molar-refractivity contribution in [3.8, 4) is 67.5 Å². The average Bonchev–Trinajstić information content (AvgIpc) is 3.21. The summed E-state index contributed by atoms with van der Waals surface area (Å²) in [6, 6.07) is 65.9. The van der Waals surface area contributed by atoms with Gasteiger partial charge in [-0.15, -0.1) is 0 Å². The molecule has 0 aliphatic rings. The minimum atomic E-state index is 0.638. The highest BCUT2D eigenvalue weighted by Crippen LogP contribution is 2.34. The third-order valence-electron chi connectivity index (χ3n) is 9.34. The molecule has 0 amide bonds. The number of benzene rings is 8. The van der Waals surface area contributed by atoms with E-state index in [1.165, 1.54) is 38.4 Å². The third kappa shape index (κ3) is 5.72. The Labute approximate surface area is 291 Å². The maximum absolute atomic E-state index is 5.09. The van der Waals surface area contributed by atoms with Crippen LogP contribution < -0.4 is 0 Å². The SMILES string of the molecule is c1ccc(-c2ccc(-c3nc(-c4ccc(-c5ccccc5)cc4)nc(-c4ccc5cccc(-c6ccc7ccccc7c6)c5c4)n3)cc2)cc1. The van der Waals surface area contributed by atoms with Crippen molar-refractivity contribution in [1.29, 1.82) is 0 Å². The molecule has 1 heterocycles. The van der Waals surface area contributed by atoms with Crippen molar-refractivity contribution in [2.75, 3.05) is 0 Å². The smallest absolute Gasteiger partial charge is 0.164 e. The molecule has 9 rings (SSSR count). The molecule has 0 fully saturated rings. The molecule has 3 nitrogen and oxygen atoms in total. The van der Waals surface area contributed by atoms with Crippen LogP contribution in [0.3, 0.4) is 0 Å². The molecule has 0 unspecified atom stereocenters. The minimum Gasteiger partial charge on any atom is -0.208 e. The maximum atomic E-state index is 5.09. The molecule has 0 radical (unpaired) electrons. The third-order valence-corrected chi connectivity index (χ3v) is 9.34. The molecule has 234 valence electrons. The van der Waals surface area contributed by atoms with E-state index in [4.69, 9.17) is 15.0 Å². The van der Waals surface area contributed by atoms with Gasteiger partial charge in [0, 0.05) is 16.7 Å². The average molecular weight is 638 g/mol. The number of hydrogen-bond donors (Lipinski definition) is 0. The summed E-state index contributed by atoms with van der Waals surface area (Å²) in [6.07, 6.45) is 0. The molecular weight excluding hydrogens is 607 g/mol. The lowest BCUT2D eigenvalue weighted by atomic mass is 9.95. The standard InChI is InChI=1S/C47H31N3/c1-3-10-32(11-4-1)35-18-24-38(25-19-35)45-48-46(39-26-20-36(21-27-39)33-12-5-2-6-13-33)50-47(49-45)42-29-23-37-16-9-17-43(44(37)31-42)41-28-22-34-14-7-8-15-40(34)30-41/h1-31H. The second-order valence-electron chi connectivity index (χ2n) is 12.5. The van der Waals surface area contributed by atoms with Gasteiger partial charge in [0.2, 0.25) is 0 Å². The molecule has 8 aromatic carbocycles. The highest BCUT2D eigenvalue weighted by Gasteiger charge is 2.15. The molecule has 0 saturated carbocycles. The molecule has 9 aromatic rings. The fourth-order valence-corrected chi connectivity index (χ4v) is 6.67. The molecular formula is C47H31N3. The maximum Gasteiger partial charge on any atom is 0.164 e. The topological polar surface area (TPSA) is 38.7 Å². The molecule has 0 N–H and O–H groups in total. The van der Waals surface area contributed by atoms with Crippen LogP contribution in [0.25, 0.3) is 89.1 Å². The summed E-state index contributed by atoms with van der Waals surface area (Å²) in [5.41, 5.74) is 9.82. The largest absolute Gasteiger partial charge is 0.208 e. The van der Waals surface area contributed by atoms with E-state index in [9.17, 15) is 0 Å². The van der Waals surface area contributed by atoms with Crippen LogP contribution in [0.15, 0.2) is 188 Å². The van der Waals surface area contributed by atoms with E-state index < -0.39 is 0 Å². The van der Waals surface area contributed by atoms with E-state index in [-0.39, 0.29) is 0 Å². The van der Waals surface area contributed by atoms with Crippen LogP contribution in [0.1, 0.15) is 0 Å². The zero-order valence-electron chi connectivity index (χ0n) is 27.2. The molecule has 1 aromatic heterocycles. The Morgan fingerprint density at radius 3 is 1.26 bits per heavy atom. The Balaban J connectivity index is 1.17. The summed E-state index contributed by atoms with van der Waals surface area (Å²) >= 11 is 0. The summed E-state index contributed by atoms with van der Waals surface area (Å²) in [4.78, 5) is 15.2. The van der Waals surface area contributed by atoms with Gasteiger partial charge in [-0.25, -0.2) is 15.0 Å². The van der Waals surface area contributed by atoms with Gasteiger partial charge in [-0.2, -0.15) is 0 Å². The highest BCUT2D eigenvalue weighted by molar-refractivity contribution is 6.00. The first-order valence-electron chi connectivity index (χ1n) is 16.9. The predicted molar refractivity (Wildman–Crippen MR) is 207 cm³/mol. The van der Waals surface area contributed by atoms with Crippen molar-refractivity contribution in [1.82, 2.24) is 15.0 Å². The number of nitrogens with zero attached hydrogens (tertiary/aromatic N) is 3. The Bertz CT molecular complexity index is 2510. The summed E-state index contributed by atoms with van der Waals surface area (Å²) < 4.78 is 0. The van der Waals surface area contributed by atoms with Gasteiger partial charge in [0.25, 0.3) is 0 Å². The molecule has 0 saturated heterocycles. The van der Waals surface area contributed by atoms with Gasteiger partial charge in [0.1, 0.15) is 0 Å². The second-order valence-corrected chi connectivity index (χ2v) is 12.5. The lowest BCUT2D eigenvalue weighted by Gasteiger charge is -2.12. The molecule has 3 heteroatoms. The fraction of sp³-hybridized carbons (Fsp3) is 0. The van der Waals surface area contributed by atoms with E-state index in [1.807, 2.05) is 12.1 Å². The second kappa shape index (κ2) is 12.7. The molecule has 0 spiro atoms. The van der Waals surface area contributed by atoms with Crippen LogP contribution in [0.2, 0.25) is 0 Å². The van der Waals surface area contributed by atoms with Gasteiger partial charge in [-0.1, -0.05) is 176 Å². The first-order valence-corrected chi connectivity index (χ1v) is 16.9. The first-order chi connectivity index (χ1) is 24.7.